The molecule has 0 aliphatic heterocycles. The van der Waals surface area contributed by atoms with E-state index < -0.39 is 22.2 Å². The van der Waals surface area contributed by atoms with Gasteiger partial charge in [0, 0.05) is 12.6 Å². The van der Waals surface area contributed by atoms with Crippen LogP contribution in [0.1, 0.15) is 26.7 Å². The first-order valence-corrected chi connectivity index (χ1v) is 5.84. The van der Waals surface area contributed by atoms with Gasteiger partial charge in [-0.2, -0.15) is 13.1 Å². The first kappa shape index (κ1) is 13.3. The molecule has 0 aromatic rings. The molecule has 0 fully saturated rings. The first-order chi connectivity index (χ1) is 6.37. The zero-order valence-electron chi connectivity index (χ0n) is 8.28. The van der Waals surface area contributed by atoms with Gasteiger partial charge in [-0.15, -0.1) is 0 Å². The van der Waals surface area contributed by atoms with E-state index in [0.29, 0.717) is 13.0 Å². The molecule has 84 valence electrons. The molecule has 0 amide bonds. The summed E-state index contributed by atoms with van der Waals surface area (Å²) in [4.78, 5) is 10.3. The summed E-state index contributed by atoms with van der Waals surface area (Å²) in [6, 6.07) is -0.609. The van der Waals surface area contributed by atoms with Crippen LogP contribution in [0.15, 0.2) is 0 Å². The number of nitrogens with one attached hydrogen (secondary N) is 2. The predicted octanol–water partition coefficient (Wildman–Crippen LogP) is -0.316. The molecule has 0 heterocycles. The molecule has 3 N–H and O–H groups in total. The van der Waals surface area contributed by atoms with Gasteiger partial charge in [-0.05, 0) is 13.3 Å². The van der Waals surface area contributed by atoms with Crippen molar-refractivity contribution < 1.29 is 18.3 Å². The van der Waals surface area contributed by atoms with Crippen molar-refractivity contribution in [3.63, 3.8) is 0 Å². The topological polar surface area (TPSA) is 95.5 Å². The molecular formula is C7H16N2O4S. The third-order valence-electron chi connectivity index (χ3n) is 1.38. The Labute approximate surface area is 83.9 Å². The van der Waals surface area contributed by atoms with Crippen LogP contribution >= 0.6 is 0 Å². The molecule has 0 aromatic heterocycles. The summed E-state index contributed by atoms with van der Waals surface area (Å²) < 4.78 is 26.8. The number of carbonyl (C=O) groups is 1. The zero-order chi connectivity index (χ0) is 11.2. The molecule has 0 saturated carbocycles. The quantitative estimate of drug-likeness (QED) is 0.552. The molecule has 0 aliphatic carbocycles. The second-order valence-electron chi connectivity index (χ2n) is 3.01. The van der Waals surface area contributed by atoms with E-state index >= 15 is 0 Å². The van der Waals surface area contributed by atoms with E-state index in [4.69, 9.17) is 5.11 Å². The highest BCUT2D eigenvalue weighted by molar-refractivity contribution is 7.87. The lowest BCUT2D eigenvalue weighted by molar-refractivity contribution is -0.137. The first-order valence-electron chi connectivity index (χ1n) is 4.36. The van der Waals surface area contributed by atoms with Gasteiger partial charge in [0.2, 0.25) is 0 Å². The summed E-state index contributed by atoms with van der Waals surface area (Å²) in [6.07, 6.45) is 0.460. The molecular weight excluding hydrogens is 208 g/mol. The van der Waals surface area contributed by atoms with Gasteiger partial charge in [0.25, 0.3) is 10.2 Å². The largest absolute Gasteiger partial charge is 0.481 e. The Morgan fingerprint density at radius 3 is 2.50 bits per heavy atom. The van der Waals surface area contributed by atoms with Crippen LogP contribution in [0.4, 0.5) is 0 Å². The van der Waals surface area contributed by atoms with Gasteiger partial charge >= 0.3 is 5.97 Å². The summed E-state index contributed by atoms with van der Waals surface area (Å²) >= 11 is 0. The molecule has 7 heteroatoms. The standard InChI is InChI=1S/C7H16N2O4S/c1-3-4-8-14(12,13)9-6(2)5-7(10)11/h6,8-9H,3-5H2,1-2H3,(H,10,11). The average Bonchev–Trinajstić information content (AvgIpc) is 1.98. The maximum atomic E-state index is 11.2. The lowest BCUT2D eigenvalue weighted by Crippen LogP contribution is -2.42. The second-order valence-corrected chi connectivity index (χ2v) is 4.55. The molecule has 0 rings (SSSR count). The molecule has 6 nitrogen and oxygen atoms in total. The Balaban J connectivity index is 4.02. The third kappa shape index (κ3) is 6.81. The van der Waals surface area contributed by atoms with E-state index in [1.165, 1.54) is 6.92 Å². The zero-order valence-corrected chi connectivity index (χ0v) is 9.10. The third-order valence-corrected chi connectivity index (χ3v) is 2.68. The number of hydrogen-bond donors (Lipinski definition) is 3. The maximum absolute atomic E-state index is 11.2. The molecule has 1 atom stereocenters. The molecule has 0 aromatic carbocycles. The van der Waals surface area contributed by atoms with Gasteiger partial charge in [-0.25, -0.2) is 4.72 Å². The Morgan fingerprint density at radius 1 is 1.50 bits per heavy atom. The van der Waals surface area contributed by atoms with Crippen LogP contribution < -0.4 is 9.44 Å². The lowest BCUT2D eigenvalue weighted by Gasteiger charge is -2.12. The van der Waals surface area contributed by atoms with Crippen molar-refractivity contribution in [3.05, 3.63) is 0 Å². The molecule has 0 radical (unpaired) electrons. The van der Waals surface area contributed by atoms with Crippen molar-refractivity contribution in [1.82, 2.24) is 9.44 Å². The summed E-state index contributed by atoms with van der Waals surface area (Å²) in [5, 5.41) is 8.40. The Hall–Kier alpha value is -0.660. The average molecular weight is 224 g/mol. The fourth-order valence-electron chi connectivity index (χ4n) is 0.847. The van der Waals surface area contributed by atoms with Crippen molar-refractivity contribution in [2.75, 3.05) is 6.54 Å². The van der Waals surface area contributed by atoms with Crippen molar-refractivity contribution in [1.29, 1.82) is 0 Å². The van der Waals surface area contributed by atoms with Gasteiger partial charge in [0.15, 0.2) is 0 Å². The van der Waals surface area contributed by atoms with Gasteiger partial charge in [0.05, 0.1) is 6.42 Å². The fraction of sp³-hybridized carbons (Fsp3) is 0.857. The van der Waals surface area contributed by atoms with Crippen LogP contribution in [0, 0.1) is 0 Å². The van der Waals surface area contributed by atoms with Crippen molar-refractivity contribution in [2.45, 2.75) is 32.7 Å². The molecule has 0 aliphatic rings. The van der Waals surface area contributed by atoms with E-state index in [2.05, 4.69) is 9.44 Å². The predicted molar refractivity (Wildman–Crippen MR) is 52.1 cm³/mol. The monoisotopic (exact) mass is 224 g/mol. The maximum Gasteiger partial charge on any atom is 0.304 e. The van der Waals surface area contributed by atoms with Gasteiger partial charge in [-0.1, -0.05) is 6.92 Å². The van der Waals surface area contributed by atoms with Crippen LogP contribution in [0.5, 0.6) is 0 Å². The SMILES string of the molecule is CCCNS(=O)(=O)NC(C)CC(=O)O. The number of hydrogen-bond acceptors (Lipinski definition) is 3. The van der Waals surface area contributed by atoms with E-state index in [1.807, 2.05) is 6.92 Å². The molecule has 0 spiro atoms. The minimum atomic E-state index is -3.55. The summed E-state index contributed by atoms with van der Waals surface area (Å²) in [5.74, 6) is -1.03. The molecule has 0 bridgehead atoms. The highest BCUT2D eigenvalue weighted by Gasteiger charge is 2.15. The van der Waals surface area contributed by atoms with Gasteiger partial charge in [-0.3, -0.25) is 4.79 Å². The molecule has 1 unspecified atom stereocenters. The van der Waals surface area contributed by atoms with Crippen molar-refractivity contribution in [2.24, 2.45) is 0 Å². The summed E-state index contributed by atoms with van der Waals surface area (Å²) in [5.41, 5.74) is 0. The van der Waals surface area contributed by atoms with E-state index in [9.17, 15) is 13.2 Å². The van der Waals surface area contributed by atoms with Crippen LogP contribution in [0.25, 0.3) is 0 Å². The minimum absolute atomic E-state index is 0.229. The Morgan fingerprint density at radius 2 is 2.07 bits per heavy atom. The minimum Gasteiger partial charge on any atom is -0.481 e. The van der Waals surface area contributed by atoms with E-state index in [-0.39, 0.29) is 6.42 Å². The van der Waals surface area contributed by atoms with E-state index in [0.717, 1.165) is 0 Å². The van der Waals surface area contributed by atoms with Gasteiger partial charge in [0.1, 0.15) is 0 Å². The summed E-state index contributed by atoms with van der Waals surface area (Å²) in [7, 11) is -3.55. The number of carboxylic acid groups (broad SMARTS) is 1. The smallest absolute Gasteiger partial charge is 0.304 e. The second kappa shape index (κ2) is 5.94. The van der Waals surface area contributed by atoms with Crippen LogP contribution in [-0.2, 0) is 15.0 Å². The number of carboxylic acids is 1. The van der Waals surface area contributed by atoms with Crippen LogP contribution in [-0.4, -0.2) is 32.1 Å². The Bertz CT molecular complexity index is 275. The highest BCUT2D eigenvalue weighted by atomic mass is 32.2. The van der Waals surface area contributed by atoms with Crippen molar-refractivity contribution >= 4 is 16.2 Å². The molecule has 0 saturated heterocycles. The summed E-state index contributed by atoms with van der Waals surface area (Å²) in [6.45, 7) is 3.68. The lowest BCUT2D eigenvalue weighted by atomic mass is 10.3. The van der Waals surface area contributed by atoms with Gasteiger partial charge < -0.3 is 5.11 Å². The highest BCUT2D eigenvalue weighted by Crippen LogP contribution is 1.92. The number of aliphatic carboxylic acids is 1. The normalized spacial score (nSPS) is 13.9. The van der Waals surface area contributed by atoms with Crippen LogP contribution in [0.2, 0.25) is 0 Å². The fourth-order valence-corrected chi connectivity index (χ4v) is 2.02. The van der Waals surface area contributed by atoms with Crippen molar-refractivity contribution in [3.8, 4) is 0 Å². The van der Waals surface area contributed by atoms with Crippen LogP contribution in [0.3, 0.4) is 0 Å². The Kier molecular flexibility index (Phi) is 5.66. The van der Waals surface area contributed by atoms with E-state index in [1.54, 1.807) is 0 Å². The molecule has 14 heavy (non-hydrogen) atoms. The number of rotatable bonds is 7.